The summed E-state index contributed by atoms with van der Waals surface area (Å²) in [4.78, 5) is 6.61. The molecule has 4 nitrogen and oxygen atoms in total. The molecular weight excluding hydrogens is 238 g/mol. The van der Waals surface area contributed by atoms with Crippen LogP contribution in [0, 0.1) is 0 Å². The highest BCUT2D eigenvalue weighted by Gasteiger charge is 2.00. The highest BCUT2D eigenvalue weighted by molar-refractivity contribution is 5.79. The lowest BCUT2D eigenvalue weighted by molar-refractivity contribution is 0.145. The summed E-state index contributed by atoms with van der Waals surface area (Å²) in [6.07, 6.45) is 0.992. The topological polar surface area (TPSA) is 36.9 Å². The van der Waals surface area contributed by atoms with Gasteiger partial charge in [-0.05, 0) is 18.9 Å². The third-order valence-electron chi connectivity index (χ3n) is 2.63. The van der Waals surface area contributed by atoms with Crippen molar-refractivity contribution < 1.29 is 4.74 Å². The molecule has 0 spiro atoms. The van der Waals surface area contributed by atoms with E-state index in [4.69, 9.17) is 4.74 Å². The zero-order chi connectivity index (χ0) is 13.9. The Balaban J connectivity index is 2.39. The van der Waals surface area contributed by atoms with Crippen LogP contribution in [0.4, 0.5) is 0 Å². The van der Waals surface area contributed by atoms with Gasteiger partial charge in [0.15, 0.2) is 5.96 Å². The van der Waals surface area contributed by atoms with Crippen LogP contribution in [0.3, 0.4) is 0 Å². The quantitative estimate of drug-likeness (QED) is 0.465. The maximum absolute atomic E-state index is 5.31. The average Bonchev–Trinajstić information content (AvgIpc) is 2.42. The van der Waals surface area contributed by atoms with E-state index < -0.39 is 0 Å². The van der Waals surface area contributed by atoms with Crippen LogP contribution >= 0.6 is 0 Å². The van der Waals surface area contributed by atoms with Crippen molar-refractivity contribution in [2.75, 3.05) is 33.9 Å². The largest absolute Gasteiger partial charge is 0.382 e. The molecule has 0 aromatic heterocycles. The molecule has 0 amide bonds. The molecule has 1 aromatic rings. The molecule has 0 radical (unpaired) electrons. The molecule has 0 aliphatic heterocycles. The minimum absolute atomic E-state index is 0.701. The van der Waals surface area contributed by atoms with Gasteiger partial charge in [-0.15, -0.1) is 0 Å². The van der Waals surface area contributed by atoms with Gasteiger partial charge in [0.2, 0.25) is 0 Å². The summed E-state index contributed by atoms with van der Waals surface area (Å²) in [5, 5.41) is 3.34. The number of benzene rings is 1. The summed E-state index contributed by atoms with van der Waals surface area (Å²) in [6.45, 7) is 5.17. The molecule has 0 atom stereocenters. The minimum Gasteiger partial charge on any atom is -0.382 e. The Morgan fingerprint density at radius 2 is 2.00 bits per heavy atom. The van der Waals surface area contributed by atoms with E-state index in [-0.39, 0.29) is 0 Å². The third-order valence-corrected chi connectivity index (χ3v) is 2.63. The van der Waals surface area contributed by atoms with Gasteiger partial charge < -0.3 is 15.0 Å². The van der Waals surface area contributed by atoms with E-state index in [1.807, 2.05) is 44.1 Å². The van der Waals surface area contributed by atoms with E-state index in [0.717, 1.165) is 32.1 Å². The number of nitrogens with one attached hydrogen (secondary N) is 1. The smallest absolute Gasteiger partial charge is 0.193 e. The molecule has 19 heavy (non-hydrogen) atoms. The zero-order valence-electron chi connectivity index (χ0n) is 12.2. The van der Waals surface area contributed by atoms with Crippen molar-refractivity contribution in [1.82, 2.24) is 10.2 Å². The number of ether oxygens (including phenoxy) is 1. The summed E-state index contributed by atoms with van der Waals surface area (Å²) in [6, 6.07) is 10.3. The van der Waals surface area contributed by atoms with Gasteiger partial charge in [-0.25, -0.2) is 4.99 Å². The number of aliphatic imine (C=N–C) groups is 1. The van der Waals surface area contributed by atoms with Crippen LogP contribution in [0.5, 0.6) is 0 Å². The van der Waals surface area contributed by atoms with E-state index in [0.29, 0.717) is 6.54 Å². The standard InChI is InChI=1S/C15H25N3O/c1-4-19-12-8-11-16-15(18(2)3)17-13-14-9-6-5-7-10-14/h5-7,9-10H,4,8,11-13H2,1-3H3,(H,16,17). The summed E-state index contributed by atoms with van der Waals surface area (Å²) in [5.41, 5.74) is 1.22. The lowest BCUT2D eigenvalue weighted by Gasteiger charge is -2.17. The van der Waals surface area contributed by atoms with Crippen LogP contribution < -0.4 is 5.32 Å². The lowest BCUT2D eigenvalue weighted by atomic mass is 10.2. The molecule has 1 N–H and O–H groups in total. The molecule has 0 saturated carbocycles. The average molecular weight is 263 g/mol. The van der Waals surface area contributed by atoms with Gasteiger partial charge in [0.25, 0.3) is 0 Å². The Morgan fingerprint density at radius 1 is 1.26 bits per heavy atom. The first-order valence-corrected chi connectivity index (χ1v) is 6.81. The van der Waals surface area contributed by atoms with Crippen molar-refractivity contribution in [2.45, 2.75) is 19.9 Å². The molecule has 0 heterocycles. The highest BCUT2D eigenvalue weighted by Crippen LogP contribution is 2.00. The Hall–Kier alpha value is -1.55. The monoisotopic (exact) mass is 263 g/mol. The molecule has 1 aromatic carbocycles. The molecular formula is C15H25N3O. The zero-order valence-corrected chi connectivity index (χ0v) is 12.2. The van der Waals surface area contributed by atoms with Crippen LogP contribution in [-0.4, -0.2) is 44.7 Å². The van der Waals surface area contributed by atoms with Crippen LogP contribution in [-0.2, 0) is 11.3 Å². The van der Waals surface area contributed by atoms with Gasteiger partial charge in [0.05, 0.1) is 6.54 Å². The van der Waals surface area contributed by atoms with Crippen LogP contribution in [0.15, 0.2) is 35.3 Å². The van der Waals surface area contributed by atoms with Gasteiger partial charge in [0, 0.05) is 33.9 Å². The molecule has 4 heteroatoms. The van der Waals surface area contributed by atoms with Crippen LogP contribution in [0.25, 0.3) is 0 Å². The molecule has 1 rings (SSSR count). The third kappa shape index (κ3) is 6.82. The fraction of sp³-hybridized carbons (Fsp3) is 0.533. The first-order chi connectivity index (χ1) is 9.24. The second-order valence-electron chi connectivity index (χ2n) is 4.50. The number of guanidine groups is 1. The van der Waals surface area contributed by atoms with Crippen molar-refractivity contribution >= 4 is 5.96 Å². The predicted octanol–water partition coefficient (Wildman–Crippen LogP) is 2.12. The second-order valence-corrected chi connectivity index (χ2v) is 4.50. The fourth-order valence-corrected chi connectivity index (χ4v) is 1.62. The van der Waals surface area contributed by atoms with Gasteiger partial charge in [-0.2, -0.15) is 0 Å². The number of hydrogen-bond donors (Lipinski definition) is 1. The summed E-state index contributed by atoms with van der Waals surface area (Å²) in [7, 11) is 4.00. The maximum atomic E-state index is 5.31. The second kappa shape index (κ2) is 9.39. The SMILES string of the molecule is CCOCCCNC(=NCc1ccccc1)N(C)C. The number of hydrogen-bond acceptors (Lipinski definition) is 2. The maximum Gasteiger partial charge on any atom is 0.193 e. The first-order valence-electron chi connectivity index (χ1n) is 6.81. The van der Waals surface area contributed by atoms with Crippen molar-refractivity contribution in [2.24, 2.45) is 4.99 Å². The van der Waals surface area contributed by atoms with Gasteiger partial charge in [-0.3, -0.25) is 0 Å². The van der Waals surface area contributed by atoms with Crippen molar-refractivity contribution in [3.63, 3.8) is 0 Å². The van der Waals surface area contributed by atoms with Crippen molar-refractivity contribution in [3.05, 3.63) is 35.9 Å². The summed E-state index contributed by atoms with van der Waals surface area (Å²) < 4.78 is 5.31. The minimum atomic E-state index is 0.701. The Bertz CT molecular complexity index is 363. The summed E-state index contributed by atoms with van der Waals surface area (Å²) in [5.74, 6) is 0.917. The molecule has 106 valence electrons. The molecule has 0 saturated heterocycles. The van der Waals surface area contributed by atoms with Gasteiger partial charge in [-0.1, -0.05) is 30.3 Å². The lowest BCUT2D eigenvalue weighted by Crippen LogP contribution is -2.37. The molecule has 0 fully saturated rings. The van der Waals surface area contributed by atoms with E-state index in [2.05, 4.69) is 22.4 Å². The predicted molar refractivity (Wildman–Crippen MR) is 80.4 cm³/mol. The van der Waals surface area contributed by atoms with Gasteiger partial charge >= 0.3 is 0 Å². The molecule has 0 unspecified atom stereocenters. The normalized spacial score (nSPS) is 11.4. The Labute approximate surface area is 116 Å². The van der Waals surface area contributed by atoms with E-state index >= 15 is 0 Å². The van der Waals surface area contributed by atoms with E-state index in [9.17, 15) is 0 Å². The van der Waals surface area contributed by atoms with E-state index in [1.54, 1.807) is 0 Å². The van der Waals surface area contributed by atoms with Crippen LogP contribution in [0.2, 0.25) is 0 Å². The van der Waals surface area contributed by atoms with Crippen molar-refractivity contribution in [1.29, 1.82) is 0 Å². The Morgan fingerprint density at radius 3 is 2.63 bits per heavy atom. The van der Waals surface area contributed by atoms with Gasteiger partial charge in [0.1, 0.15) is 0 Å². The number of nitrogens with zero attached hydrogens (tertiary/aromatic N) is 2. The Kier molecular flexibility index (Phi) is 7.66. The fourth-order valence-electron chi connectivity index (χ4n) is 1.62. The first kappa shape index (κ1) is 15.5. The number of rotatable bonds is 7. The molecule has 0 aliphatic rings. The molecule has 0 bridgehead atoms. The van der Waals surface area contributed by atoms with Crippen LogP contribution in [0.1, 0.15) is 18.9 Å². The van der Waals surface area contributed by atoms with E-state index in [1.165, 1.54) is 5.56 Å². The highest BCUT2D eigenvalue weighted by atomic mass is 16.5. The van der Waals surface area contributed by atoms with Crippen molar-refractivity contribution in [3.8, 4) is 0 Å². The summed E-state index contributed by atoms with van der Waals surface area (Å²) >= 11 is 0. The molecule has 0 aliphatic carbocycles.